The summed E-state index contributed by atoms with van der Waals surface area (Å²) in [4.78, 5) is 41.9. The molecule has 1 fully saturated rings. The van der Waals surface area contributed by atoms with Gasteiger partial charge in [-0.15, -0.1) is 0 Å². The predicted molar refractivity (Wildman–Crippen MR) is 120 cm³/mol. The lowest BCUT2D eigenvalue weighted by Gasteiger charge is -2.28. The van der Waals surface area contributed by atoms with Crippen LogP contribution in [0.15, 0.2) is 78.9 Å². The van der Waals surface area contributed by atoms with Crippen molar-refractivity contribution in [2.45, 2.75) is 18.9 Å². The van der Waals surface area contributed by atoms with E-state index in [1.54, 1.807) is 0 Å². The number of carbonyl (C=O) groups excluding carboxylic acids is 3. The predicted octanol–water partition coefficient (Wildman–Crippen LogP) is 3.71. The van der Waals surface area contributed by atoms with E-state index < -0.39 is 29.6 Å². The maximum Gasteiger partial charge on any atom is 0.257 e. The van der Waals surface area contributed by atoms with Crippen LogP contribution in [0.3, 0.4) is 0 Å². The van der Waals surface area contributed by atoms with Gasteiger partial charge in [-0.25, -0.2) is 9.29 Å². The second kappa shape index (κ2) is 9.45. The van der Waals surface area contributed by atoms with Crippen molar-refractivity contribution in [2.75, 3.05) is 11.4 Å². The highest BCUT2D eigenvalue weighted by atomic mass is 19.1. The van der Waals surface area contributed by atoms with Crippen molar-refractivity contribution in [3.63, 3.8) is 0 Å². The molecule has 33 heavy (non-hydrogen) atoms. The van der Waals surface area contributed by atoms with Crippen molar-refractivity contribution >= 4 is 23.4 Å². The number of nitrogens with zero attached hydrogens (tertiary/aromatic N) is 3. The lowest BCUT2D eigenvalue weighted by Crippen LogP contribution is -2.46. The lowest BCUT2D eigenvalue weighted by molar-refractivity contribution is -0.122. The van der Waals surface area contributed by atoms with Crippen molar-refractivity contribution in [3.8, 4) is 6.07 Å². The minimum Gasteiger partial charge on any atom is -0.326 e. The molecule has 0 aliphatic carbocycles. The third-order valence-electron chi connectivity index (χ3n) is 5.59. The van der Waals surface area contributed by atoms with Gasteiger partial charge in [0.2, 0.25) is 5.91 Å². The summed E-state index contributed by atoms with van der Waals surface area (Å²) in [6.07, 6.45) is 0.336. The number of imide groups is 1. The summed E-state index contributed by atoms with van der Waals surface area (Å²) in [6.45, 7) is 0.213. The molecular weight excluding hydrogens is 421 g/mol. The molecule has 6 nitrogen and oxygen atoms in total. The molecule has 1 unspecified atom stereocenters. The fourth-order valence-corrected chi connectivity index (χ4v) is 3.87. The second-order valence-electron chi connectivity index (χ2n) is 7.69. The highest BCUT2D eigenvalue weighted by molar-refractivity contribution is 6.23. The molecule has 164 valence electrons. The Hall–Kier alpha value is -4.31. The lowest BCUT2D eigenvalue weighted by atomic mass is 10.1. The summed E-state index contributed by atoms with van der Waals surface area (Å²) in [6, 6.07) is 21.8. The van der Waals surface area contributed by atoms with E-state index >= 15 is 0 Å². The van der Waals surface area contributed by atoms with Crippen LogP contribution in [0.5, 0.6) is 0 Å². The normalized spacial score (nSPS) is 15.4. The van der Waals surface area contributed by atoms with Crippen LogP contribution in [0.1, 0.15) is 27.9 Å². The molecule has 1 heterocycles. The van der Waals surface area contributed by atoms with Gasteiger partial charge in [-0.3, -0.25) is 14.4 Å². The van der Waals surface area contributed by atoms with E-state index in [2.05, 4.69) is 0 Å². The second-order valence-corrected chi connectivity index (χ2v) is 7.69. The summed E-state index contributed by atoms with van der Waals surface area (Å²) in [5.74, 6) is -1.85. The zero-order valence-electron chi connectivity index (χ0n) is 17.6. The summed E-state index contributed by atoms with van der Waals surface area (Å²) >= 11 is 0. The molecule has 1 aliphatic rings. The number of carbonyl (C=O) groups is 3. The molecule has 1 saturated heterocycles. The molecule has 1 aliphatic heterocycles. The Kier molecular flexibility index (Phi) is 6.27. The standard InChI is InChI=1S/C26H20FN3O3/c27-21-10-8-20(9-11-21)25(32)29(15-14-18-4-2-1-3-5-18)23-16-24(31)30(26(23)33)22-12-6-19(17-28)7-13-22/h1-13,23H,14-16H2. The Morgan fingerprint density at radius 2 is 1.67 bits per heavy atom. The molecule has 7 heteroatoms. The number of benzene rings is 3. The van der Waals surface area contributed by atoms with Gasteiger partial charge in [0, 0.05) is 12.1 Å². The van der Waals surface area contributed by atoms with E-state index in [9.17, 15) is 18.8 Å². The summed E-state index contributed by atoms with van der Waals surface area (Å²) in [5.41, 5.74) is 1.98. The van der Waals surface area contributed by atoms with Crippen molar-refractivity contribution in [3.05, 3.63) is 101 Å². The molecule has 0 saturated carbocycles. The van der Waals surface area contributed by atoms with Crippen LogP contribution in [-0.4, -0.2) is 35.2 Å². The van der Waals surface area contributed by atoms with Crippen LogP contribution in [0.2, 0.25) is 0 Å². The zero-order valence-corrected chi connectivity index (χ0v) is 17.6. The van der Waals surface area contributed by atoms with Crippen LogP contribution in [0, 0.1) is 17.1 Å². The molecule has 0 N–H and O–H groups in total. The van der Waals surface area contributed by atoms with E-state index in [-0.39, 0.29) is 18.5 Å². The van der Waals surface area contributed by atoms with Gasteiger partial charge in [-0.1, -0.05) is 30.3 Å². The molecule has 3 amide bonds. The first-order chi connectivity index (χ1) is 16.0. The SMILES string of the molecule is N#Cc1ccc(N2C(=O)CC(N(CCc3ccccc3)C(=O)c3ccc(F)cc3)C2=O)cc1. The topological polar surface area (TPSA) is 81.5 Å². The molecule has 3 aromatic carbocycles. The van der Waals surface area contributed by atoms with Crippen LogP contribution in [-0.2, 0) is 16.0 Å². The molecule has 0 bridgehead atoms. The number of anilines is 1. The zero-order chi connectivity index (χ0) is 23.4. The number of halogens is 1. The Morgan fingerprint density at radius 3 is 2.30 bits per heavy atom. The van der Waals surface area contributed by atoms with Gasteiger partial charge in [-0.05, 0) is 60.5 Å². The van der Waals surface area contributed by atoms with Gasteiger partial charge in [0.1, 0.15) is 11.9 Å². The first kappa shape index (κ1) is 21.9. The number of amides is 3. The first-order valence-corrected chi connectivity index (χ1v) is 10.5. The summed E-state index contributed by atoms with van der Waals surface area (Å²) in [7, 11) is 0. The van der Waals surface area contributed by atoms with Crippen molar-refractivity contribution in [1.82, 2.24) is 4.90 Å². The summed E-state index contributed by atoms with van der Waals surface area (Å²) < 4.78 is 13.4. The minimum atomic E-state index is -0.977. The Morgan fingerprint density at radius 1 is 1.00 bits per heavy atom. The van der Waals surface area contributed by atoms with Gasteiger partial charge in [0.15, 0.2) is 0 Å². The summed E-state index contributed by atoms with van der Waals surface area (Å²) in [5, 5.41) is 8.99. The molecule has 0 spiro atoms. The quantitative estimate of drug-likeness (QED) is 0.546. The molecule has 1 atom stereocenters. The fraction of sp³-hybridized carbons (Fsp3) is 0.154. The largest absolute Gasteiger partial charge is 0.326 e. The van der Waals surface area contributed by atoms with Crippen molar-refractivity contribution in [1.29, 1.82) is 5.26 Å². The van der Waals surface area contributed by atoms with E-state index in [1.165, 1.54) is 53.4 Å². The Labute approximate surface area is 190 Å². The van der Waals surface area contributed by atoms with Crippen LogP contribution in [0.4, 0.5) is 10.1 Å². The highest BCUT2D eigenvalue weighted by Crippen LogP contribution is 2.27. The average molecular weight is 441 g/mol. The Balaban J connectivity index is 1.63. The Bertz CT molecular complexity index is 1220. The maximum absolute atomic E-state index is 13.4. The third-order valence-corrected chi connectivity index (χ3v) is 5.59. The molecule has 0 aromatic heterocycles. The van der Waals surface area contributed by atoms with E-state index in [1.807, 2.05) is 36.4 Å². The molecule has 3 aromatic rings. The number of rotatable bonds is 6. The van der Waals surface area contributed by atoms with E-state index in [4.69, 9.17) is 5.26 Å². The van der Waals surface area contributed by atoms with Crippen molar-refractivity contribution in [2.24, 2.45) is 0 Å². The van der Waals surface area contributed by atoms with E-state index in [0.29, 0.717) is 17.7 Å². The third kappa shape index (κ3) is 4.65. The number of hydrogen-bond acceptors (Lipinski definition) is 4. The van der Waals surface area contributed by atoms with Gasteiger partial charge in [0.25, 0.3) is 11.8 Å². The molecular formula is C26H20FN3O3. The van der Waals surface area contributed by atoms with Gasteiger partial charge in [-0.2, -0.15) is 5.26 Å². The monoisotopic (exact) mass is 441 g/mol. The maximum atomic E-state index is 13.4. The van der Waals surface area contributed by atoms with Crippen LogP contribution < -0.4 is 4.90 Å². The molecule has 4 rings (SSSR count). The van der Waals surface area contributed by atoms with Crippen LogP contribution in [0.25, 0.3) is 0 Å². The molecule has 0 radical (unpaired) electrons. The van der Waals surface area contributed by atoms with Gasteiger partial charge < -0.3 is 4.90 Å². The average Bonchev–Trinajstić information content (AvgIpc) is 3.13. The first-order valence-electron chi connectivity index (χ1n) is 10.5. The van der Waals surface area contributed by atoms with Gasteiger partial charge in [0.05, 0.1) is 23.7 Å². The number of nitriles is 1. The van der Waals surface area contributed by atoms with Crippen LogP contribution >= 0.6 is 0 Å². The smallest absolute Gasteiger partial charge is 0.257 e. The van der Waals surface area contributed by atoms with Crippen molar-refractivity contribution < 1.29 is 18.8 Å². The number of hydrogen-bond donors (Lipinski definition) is 0. The highest BCUT2D eigenvalue weighted by Gasteiger charge is 2.44. The minimum absolute atomic E-state index is 0.152. The van der Waals surface area contributed by atoms with E-state index in [0.717, 1.165) is 10.5 Å². The van der Waals surface area contributed by atoms with Gasteiger partial charge >= 0.3 is 0 Å². The fourth-order valence-electron chi connectivity index (χ4n) is 3.87.